The zero-order chi connectivity index (χ0) is 17.9. The molecule has 2 N–H and O–H groups in total. The van der Waals surface area contributed by atoms with E-state index in [2.05, 4.69) is 20.6 Å². The maximum absolute atomic E-state index is 12.4. The maximum atomic E-state index is 12.4. The Labute approximate surface area is 158 Å². The lowest BCUT2D eigenvalue weighted by atomic mass is 10.2. The number of H-pyrrole nitrogens is 1. The topological polar surface area (TPSA) is 75.6 Å². The minimum Gasteiger partial charge on any atom is -0.318 e. The number of benzene rings is 1. The summed E-state index contributed by atoms with van der Waals surface area (Å²) in [6.07, 6.45) is 3.38. The third-order valence-corrected chi connectivity index (χ3v) is 4.86. The average Bonchev–Trinajstić information content (AvgIpc) is 3.36. The number of hydrogen-bond donors (Lipinski definition) is 2. The number of aromatic amines is 1. The second-order valence-corrected chi connectivity index (χ2v) is 7.04. The number of hydrogen-bond acceptors (Lipinski definition) is 4. The molecule has 6 nitrogen and oxygen atoms in total. The molecule has 0 atom stereocenters. The molecule has 130 valence electrons. The van der Waals surface area contributed by atoms with Crippen LogP contribution in [0.5, 0.6) is 0 Å². The van der Waals surface area contributed by atoms with Crippen LogP contribution in [0.15, 0.2) is 60.2 Å². The second kappa shape index (κ2) is 7.15. The molecule has 0 aliphatic heterocycles. The first-order valence-electron chi connectivity index (χ1n) is 7.85. The summed E-state index contributed by atoms with van der Waals surface area (Å²) >= 11 is 7.58. The van der Waals surface area contributed by atoms with Gasteiger partial charge in [-0.1, -0.05) is 29.8 Å². The summed E-state index contributed by atoms with van der Waals surface area (Å²) in [6, 6.07) is 13.2. The van der Waals surface area contributed by atoms with Crippen molar-refractivity contribution >= 4 is 34.5 Å². The minimum absolute atomic E-state index is 0.286. The zero-order valence-corrected chi connectivity index (χ0v) is 15.1. The standard InChI is InChI=1S/C18H14ClN5OS/c19-13-4-1-3-12(7-13)10-24-11-14(9-20-24)21-18(25)16-8-15(22-23-16)17-5-2-6-26-17/h1-9,11H,10H2,(H,21,25)(H,22,23). The highest BCUT2D eigenvalue weighted by atomic mass is 35.5. The summed E-state index contributed by atoms with van der Waals surface area (Å²) in [5, 5.41) is 16.7. The molecular formula is C18H14ClN5OS. The SMILES string of the molecule is O=C(Nc1cnn(Cc2cccc(Cl)c2)c1)c1cc(-c2cccs2)[nH]n1. The van der Waals surface area contributed by atoms with Gasteiger partial charge in [0.15, 0.2) is 5.69 Å². The lowest BCUT2D eigenvalue weighted by Gasteiger charge is -2.02. The minimum atomic E-state index is -0.286. The number of amides is 1. The molecule has 0 aliphatic carbocycles. The molecule has 3 heterocycles. The van der Waals surface area contributed by atoms with Crippen LogP contribution in [0.3, 0.4) is 0 Å². The van der Waals surface area contributed by atoms with Crippen molar-refractivity contribution in [1.82, 2.24) is 20.0 Å². The molecular weight excluding hydrogens is 370 g/mol. The Bertz CT molecular complexity index is 1040. The summed E-state index contributed by atoms with van der Waals surface area (Å²) in [5.41, 5.74) is 2.79. The van der Waals surface area contributed by atoms with Crippen LogP contribution in [0.1, 0.15) is 16.1 Å². The van der Waals surface area contributed by atoms with E-state index in [0.29, 0.717) is 22.9 Å². The molecule has 0 spiro atoms. The van der Waals surface area contributed by atoms with Crippen LogP contribution in [0, 0.1) is 0 Å². The van der Waals surface area contributed by atoms with Gasteiger partial charge in [0.1, 0.15) is 0 Å². The smallest absolute Gasteiger partial charge is 0.276 e. The van der Waals surface area contributed by atoms with Gasteiger partial charge in [0.25, 0.3) is 5.91 Å². The van der Waals surface area contributed by atoms with Crippen LogP contribution in [-0.2, 0) is 6.54 Å². The van der Waals surface area contributed by atoms with Crippen LogP contribution in [0.4, 0.5) is 5.69 Å². The number of carbonyl (C=O) groups excluding carboxylic acids is 1. The summed E-state index contributed by atoms with van der Waals surface area (Å²) in [6.45, 7) is 0.571. The van der Waals surface area contributed by atoms with Gasteiger partial charge >= 0.3 is 0 Å². The van der Waals surface area contributed by atoms with Crippen molar-refractivity contribution in [2.45, 2.75) is 6.54 Å². The Morgan fingerprint density at radius 1 is 1.27 bits per heavy atom. The molecule has 0 bridgehead atoms. The van der Waals surface area contributed by atoms with E-state index in [9.17, 15) is 4.79 Å². The van der Waals surface area contributed by atoms with E-state index in [1.54, 1.807) is 34.5 Å². The fourth-order valence-electron chi connectivity index (χ4n) is 2.53. The van der Waals surface area contributed by atoms with Gasteiger partial charge in [-0.2, -0.15) is 10.2 Å². The van der Waals surface area contributed by atoms with E-state index < -0.39 is 0 Å². The molecule has 1 amide bonds. The predicted octanol–water partition coefficient (Wildman–Crippen LogP) is 4.29. The van der Waals surface area contributed by atoms with Crippen molar-refractivity contribution < 1.29 is 4.79 Å². The third-order valence-electron chi connectivity index (χ3n) is 3.72. The lowest BCUT2D eigenvalue weighted by molar-refractivity contribution is 0.102. The normalized spacial score (nSPS) is 10.8. The van der Waals surface area contributed by atoms with Gasteiger partial charge in [-0.05, 0) is 35.2 Å². The highest BCUT2D eigenvalue weighted by Crippen LogP contribution is 2.23. The molecule has 0 unspecified atom stereocenters. The van der Waals surface area contributed by atoms with E-state index in [1.165, 1.54) is 0 Å². The summed E-state index contributed by atoms with van der Waals surface area (Å²) in [4.78, 5) is 13.4. The number of aromatic nitrogens is 4. The number of anilines is 1. The zero-order valence-electron chi connectivity index (χ0n) is 13.5. The summed E-state index contributed by atoms with van der Waals surface area (Å²) in [7, 11) is 0. The number of nitrogens with zero attached hydrogens (tertiary/aromatic N) is 3. The molecule has 8 heteroatoms. The van der Waals surface area contributed by atoms with Gasteiger partial charge in [-0.15, -0.1) is 11.3 Å². The van der Waals surface area contributed by atoms with Gasteiger partial charge in [-0.3, -0.25) is 14.6 Å². The molecule has 0 fully saturated rings. The van der Waals surface area contributed by atoms with E-state index >= 15 is 0 Å². The van der Waals surface area contributed by atoms with Gasteiger partial charge < -0.3 is 5.32 Å². The Morgan fingerprint density at radius 3 is 3.00 bits per heavy atom. The van der Waals surface area contributed by atoms with Crippen molar-refractivity contribution in [3.63, 3.8) is 0 Å². The molecule has 0 saturated heterocycles. The molecule has 3 aromatic heterocycles. The largest absolute Gasteiger partial charge is 0.318 e. The van der Waals surface area contributed by atoms with Crippen molar-refractivity contribution in [3.05, 3.63) is 76.5 Å². The number of halogens is 1. The van der Waals surface area contributed by atoms with Gasteiger partial charge in [-0.25, -0.2) is 0 Å². The molecule has 4 aromatic rings. The van der Waals surface area contributed by atoms with Crippen LogP contribution < -0.4 is 5.32 Å². The van der Waals surface area contributed by atoms with Crippen LogP contribution in [0.2, 0.25) is 5.02 Å². The molecule has 1 aromatic carbocycles. The fourth-order valence-corrected chi connectivity index (χ4v) is 3.43. The summed E-state index contributed by atoms with van der Waals surface area (Å²) < 4.78 is 1.74. The Hall–Kier alpha value is -2.90. The molecule has 4 rings (SSSR count). The molecule has 0 radical (unpaired) electrons. The Kier molecular flexibility index (Phi) is 4.55. The molecule has 0 saturated carbocycles. The number of thiophene rings is 1. The maximum Gasteiger partial charge on any atom is 0.276 e. The van der Waals surface area contributed by atoms with Crippen LogP contribution >= 0.6 is 22.9 Å². The van der Waals surface area contributed by atoms with Crippen LogP contribution in [0.25, 0.3) is 10.6 Å². The van der Waals surface area contributed by atoms with Crippen molar-refractivity contribution in [1.29, 1.82) is 0 Å². The Morgan fingerprint density at radius 2 is 2.19 bits per heavy atom. The average molecular weight is 384 g/mol. The van der Waals surface area contributed by atoms with E-state index in [-0.39, 0.29) is 5.91 Å². The first-order chi connectivity index (χ1) is 12.7. The summed E-state index contributed by atoms with van der Waals surface area (Å²) in [5.74, 6) is -0.286. The lowest BCUT2D eigenvalue weighted by Crippen LogP contribution is -2.11. The van der Waals surface area contributed by atoms with Gasteiger partial charge in [0.2, 0.25) is 0 Å². The highest BCUT2D eigenvalue weighted by molar-refractivity contribution is 7.13. The van der Waals surface area contributed by atoms with Gasteiger partial charge in [0, 0.05) is 11.2 Å². The number of carbonyl (C=O) groups is 1. The second-order valence-electron chi connectivity index (χ2n) is 5.65. The third kappa shape index (κ3) is 3.68. The molecule has 26 heavy (non-hydrogen) atoms. The Balaban J connectivity index is 1.43. The van der Waals surface area contributed by atoms with Crippen molar-refractivity contribution in [2.24, 2.45) is 0 Å². The van der Waals surface area contributed by atoms with E-state index in [4.69, 9.17) is 11.6 Å². The first kappa shape index (κ1) is 16.6. The van der Waals surface area contributed by atoms with Gasteiger partial charge in [0.05, 0.1) is 29.0 Å². The first-order valence-corrected chi connectivity index (χ1v) is 9.11. The van der Waals surface area contributed by atoms with E-state index in [0.717, 1.165) is 16.1 Å². The fraction of sp³-hybridized carbons (Fsp3) is 0.0556. The predicted molar refractivity (Wildman–Crippen MR) is 103 cm³/mol. The number of nitrogens with one attached hydrogen (secondary N) is 2. The highest BCUT2D eigenvalue weighted by Gasteiger charge is 2.13. The van der Waals surface area contributed by atoms with E-state index in [1.807, 2.05) is 41.8 Å². The van der Waals surface area contributed by atoms with Crippen molar-refractivity contribution in [3.8, 4) is 10.6 Å². The number of rotatable bonds is 5. The quantitative estimate of drug-likeness (QED) is 0.539. The van der Waals surface area contributed by atoms with Crippen molar-refractivity contribution in [2.75, 3.05) is 5.32 Å². The monoisotopic (exact) mass is 383 g/mol. The van der Waals surface area contributed by atoms with Crippen LogP contribution in [-0.4, -0.2) is 25.9 Å². The molecule has 0 aliphatic rings.